The minimum atomic E-state index is -0.464. The van der Waals surface area contributed by atoms with Crippen molar-refractivity contribution in [3.63, 3.8) is 0 Å². The van der Waals surface area contributed by atoms with Gasteiger partial charge in [-0.1, -0.05) is 23.7 Å². The summed E-state index contributed by atoms with van der Waals surface area (Å²) in [6.07, 6.45) is 1.75. The zero-order chi connectivity index (χ0) is 26.0. The molecular formula is C25H31ClN6O3S. The number of ether oxygens (including phenoxy) is 1. The van der Waals surface area contributed by atoms with E-state index in [0.717, 1.165) is 30.0 Å². The molecule has 192 valence electrons. The van der Waals surface area contributed by atoms with Crippen LogP contribution in [0.15, 0.2) is 35.8 Å². The molecule has 0 bridgehead atoms. The van der Waals surface area contributed by atoms with Crippen LogP contribution in [0.4, 0.5) is 10.8 Å². The van der Waals surface area contributed by atoms with Crippen LogP contribution in [-0.2, 0) is 15.1 Å². The van der Waals surface area contributed by atoms with Crippen molar-refractivity contribution < 1.29 is 14.3 Å². The van der Waals surface area contributed by atoms with E-state index in [1.165, 1.54) is 17.5 Å². The van der Waals surface area contributed by atoms with Crippen LogP contribution in [-0.4, -0.2) is 58.4 Å². The van der Waals surface area contributed by atoms with Gasteiger partial charge >= 0.3 is 0 Å². The number of halogens is 1. The van der Waals surface area contributed by atoms with Crippen molar-refractivity contribution in [1.82, 2.24) is 20.1 Å². The number of hydrogen-bond acceptors (Lipinski definition) is 7. The molecule has 9 nitrogen and oxygen atoms in total. The van der Waals surface area contributed by atoms with Gasteiger partial charge in [0.15, 0.2) is 5.13 Å². The number of thiazole rings is 1. The molecule has 1 fully saturated rings. The van der Waals surface area contributed by atoms with E-state index in [9.17, 15) is 9.59 Å². The molecule has 36 heavy (non-hydrogen) atoms. The first kappa shape index (κ1) is 26.1. The minimum Gasteiger partial charge on any atom is -0.372 e. The van der Waals surface area contributed by atoms with Crippen LogP contribution >= 0.6 is 22.9 Å². The maximum absolute atomic E-state index is 12.5. The highest BCUT2D eigenvalue weighted by atomic mass is 35.5. The van der Waals surface area contributed by atoms with Gasteiger partial charge in [-0.15, -0.1) is 11.3 Å². The summed E-state index contributed by atoms with van der Waals surface area (Å²) >= 11 is 7.64. The van der Waals surface area contributed by atoms with Gasteiger partial charge < -0.3 is 20.3 Å². The van der Waals surface area contributed by atoms with Crippen molar-refractivity contribution in [2.24, 2.45) is 0 Å². The quantitative estimate of drug-likeness (QED) is 0.490. The summed E-state index contributed by atoms with van der Waals surface area (Å²) in [7, 11) is 0. The van der Waals surface area contributed by atoms with Gasteiger partial charge in [0.05, 0.1) is 41.7 Å². The van der Waals surface area contributed by atoms with Crippen molar-refractivity contribution in [3.05, 3.63) is 46.6 Å². The van der Waals surface area contributed by atoms with Crippen LogP contribution in [0.25, 0.3) is 11.3 Å². The van der Waals surface area contributed by atoms with Crippen molar-refractivity contribution >= 4 is 45.6 Å². The molecule has 0 saturated carbocycles. The van der Waals surface area contributed by atoms with Crippen LogP contribution in [0.2, 0.25) is 5.15 Å². The Morgan fingerprint density at radius 2 is 1.94 bits per heavy atom. The first-order valence-corrected chi connectivity index (χ1v) is 13.1. The summed E-state index contributed by atoms with van der Waals surface area (Å²) in [6.45, 7) is 11.4. The highest BCUT2D eigenvalue weighted by Crippen LogP contribution is 2.29. The monoisotopic (exact) mass is 530 g/mol. The summed E-state index contributed by atoms with van der Waals surface area (Å²) in [6, 6.07) is 8.20. The van der Waals surface area contributed by atoms with E-state index in [-0.39, 0.29) is 40.9 Å². The van der Waals surface area contributed by atoms with Crippen LogP contribution in [0.3, 0.4) is 0 Å². The van der Waals surface area contributed by atoms with Gasteiger partial charge in [0, 0.05) is 29.7 Å². The smallest absolute Gasteiger partial charge is 0.256 e. The molecule has 1 aliphatic heterocycles. The lowest BCUT2D eigenvalue weighted by Gasteiger charge is -2.37. The Morgan fingerprint density at radius 3 is 2.61 bits per heavy atom. The van der Waals surface area contributed by atoms with E-state index < -0.39 is 5.91 Å². The van der Waals surface area contributed by atoms with E-state index in [1.807, 2.05) is 38.3 Å². The average molecular weight is 531 g/mol. The largest absolute Gasteiger partial charge is 0.372 e. The lowest BCUT2D eigenvalue weighted by Crippen LogP contribution is -2.45. The van der Waals surface area contributed by atoms with Crippen molar-refractivity contribution in [3.8, 4) is 11.3 Å². The van der Waals surface area contributed by atoms with E-state index in [4.69, 9.17) is 16.3 Å². The third-order valence-corrected chi connectivity index (χ3v) is 6.80. The van der Waals surface area contributed by atoms with E-state index >= 15 is 0 Å². The van der Waals surface area contributed by atoms with E-state index in [0.29, 0.717) is 5.13 Å². The van der Waals surface area contributed by atoms with Crippen LogP contribution in [0.1, 0.15) is 45.0 Å². The second-order valence-electron chi connectivity index (χ2n) is 9.91. The number of benzene rings is 1. The van der Waals surface area contributed by atoms with Gasteiger partial charge in [0.25, 0.3) is 5.91 Å². The molecule has 0 aliphatic carbocycles. The Bertz CT molecular complexity index is 1240. The lowest BCUT2D eigenvalue weighted by molar-refractivity contribution is -0.115. The second-order valence-corrected chi connectivity index (χ2v) is 11.1. The molecule has 1 saturated heterocycles. The number of carbonyl (C=O) groups is 2. The molecule has 1 aliphatic rings. The predicted molar refractivity (Wildman–Crippen MR) is 143 cm³/mol. The van der Waals surface area contributed by atoms with Crippen LogP contribution < -0.4 is 15.5 Å². The van der Waals surface area contributed by atoms with E-state index in [2.05, 4.69) is 51.6 Å². The molecule has 11 heteroatoms. The van der Waals surface area contributed by atoms with Crippen molar-refractivity contribution in [1.29, 1.82) is 0 Å². The third kappa shape index (κ3) is 6.05. The topological polar surface area (TPSA) is 101 Å². The lowest BCUT2D eigenvalue weighted by atomic mass is 10.1. The van der Waals surface area contributed by atoms with Gasteiger partial charge in [-0.05, 0) is 46.8 Å². The molecule has 3 heterocycles. The SMILES string of the molecule is C[C@@H]1CN(c2cccc(-c3csc(NC(=O)CNC(=O)c4cnn(C(C)(C)C)c4Cl)n3)c2)C[C@H](C)O1. The number of anilines is 2. The van der Waals surface area contributed by atoms with Gasteiger partial charge in [0.2, 0.25) is 5.91 Å². The zero-order valence-electron chi connectivity index (χ0n) is 21.0. The fraction of sp³-hybridized carbons (Fsp3) is 0.440. The molecule has 1 aromatic carbocycles. The average Bonchev–Trinajstić information content (AvgIpc) is 3.43. The van der Waals surface area contributed by atoms with Gasteiger partial charge in [0.1, 0.15) is 5.15 Å². The summed E-state index contributed by atoms with van der Waals surface area (Å²) < 4.78 is 7.41. The number of morpholine rings is 1. The Kier molecular flexibility index (Phi) is 7.67. The van der Waals surface area contributed by atoms with Gasteiger partial charge in [-0.2, -0.15) is 5.10 Å². The summed E-state index contributed by atoms with van der Waals surface area (Å²) in [5.41, 5.74) is 2.71. The number of hydrogen-bond donors (Lipinski definition) is 2. The highest BCUT2D eigenvalue weighted by molar-refractivity contribution is 7.14. The normalized spacial score (nSPS) is 18.2. The van der Waals surface area contributed by atoms with Crippen LogP contribution in [0.5, 0.6) is 0 Å². The Hall–Kier alpha value is -2.95. The number of carbonyl (C=O) groups excluding carboxylic acids is 2. The number of nitrogens with zero attached hydrogens (tertiary/aromatic N) is 4. The van der Waals surface area contributed by atoms with Crippen LogP contribution in [0, 0.1) is 0 Å². The predicted octanol–water partition coefficient (Wildman–Crippen LogP) is 4.40. The fourth-order valence-electron chi connectivity index (χ4n) is 4.09. The number of rotatable bonds is 6. The number of amides is 2. The standard InChI is InChI=1S/C25H31ClN6O3S/c1-15-12-31(13-16(2)35-15)18-8-6-7-17(9-18)20-14-36-24(29-20)30-21(33)11-27-23(34)19-10-28-32(22(19)26)25(3,4)5/h6-10,14-16H,11-13H2,1-5H3,(H,27,34)(H,29,30,33)/t15-,16+. The Morgan fingerprint density at radius 1 is 1.22 bits per heavy atom. The first-order valence-electron chi connectivity index (χ1n) is 11.8. The molecule has 2 aromatic heterocycles. The van der Waals surface area contributed by atoms with E-state index in [1.54, 1.807) is 4.68 Å². The molecule has 2 atom stereocenters. The zero-order valence-corrected chi connectivity index (χ0v) is 22.6. The number of nitrogens with one attached hydrogen (secondary N) is 2. The molecule has 4 rings (SSSR count). The molecule has 2 amide bonds. The molecule has 2 N–H and O–H groups in total. The second kappa shape index (κ2) is 10.6. The maximum atomic E-state index is 12.5. The maximum Gasteiger partial charge on any atom is 0.256 e. The molecular weight excluding hydrogens is 500 g/mol. The third-order valence-electron chi connectivity index (χ3n) is 5.68. The van der Waals surface area contributed by atoms with Crippen molar-refractivity contribution in [2.75, 3.05) is 29.9 Å². The highest BCUT2D eigenvalue weighted by Gasteiger charge is 2.24. The molecule has 0 radical (unpaired) electrons. The Balaban J connectivity index is 1.35. The van der Waals surface area contributed by atoms with Gasteiger partial charge in [-0.3, -0.25) is 9.59 Å². The summed E-state index contributed by atoms with van der Waals surface area (Å²) in [5.74, 6) is -0.845. The molecule has 3 aromatic rings. The van der Waals surface area contributed by atoms with Crippen molar-refractivity contribution in [2.45, 2.75) is 52.4 Å². The summed E-state index contributed by atoms with van der Waals surface area (Å²) in [5, 5.41) is 12.1. The first-order chi connectivity index (χ1) is 17.0. The molecule has 0 spiro atoms. The number of aromatic nitrogens is 3. The summed E-state index contributed by atoms with van der Waals surface area (Å²) in [4.78, 5) is 31.8. The fourth-order valence-corrected chi connectivity index (χ4v) is 5.25. The van der Waals surface area contributed by atoms with Gasteiger partial charge in [-0.25, -0.2) is 9.67 Å². The Labute approximate surface area is 219 Å². The molecule has 0 unspecified atom stereocenters. The minimum absolute atomic E-state index is 0.171.